The number of nitrogens with one attached hydrogen (secondary N) is 1. The van der Waals surface area contributed by atoms with Crippen LogP contribution in [-0.2, 0) is 23.8 Å². The minimum absolute atomic E-state index is 0.0497. The molecule has 15 heteroatoms. The number of ketones is 1. The Morgan fingerprint density at radius 2 is 1.56 bits per heavy atom. The first-order valence-corrected chi connectivity index (χ1v) is 21.0. The summed E-state index contributed by atoms with van der Waals surface area (Å²) in [6.07, 6.45) is 11.5. The van der Waals surface area contributed by atoms with Gasteiger partial charge in [0.1, 0.15) is 23.4 Å². The van der Waals surface area contributed by atoms with E-state index in [2.05, 4.69) is 15.5 Å². The van der Waals surface area contributed by atoms with Gasteiger partial charge >= 0.3 is 11.8 Å². The van der Waals surface area contributed by atoms with Crippen molar-refractivity contribution >= 4 is 46.0 Å². The van der Waals surface area contributed by atoms with Crippen LogP contribution in [0.4, 0.5) is 5.69 Å². The standard InChI is InChI=1S/C46H61N3O12/c1-23-16-15-17-24(2)45(57)48-36-31(22-47-49-30-18-13-11-10-12-14-19-30)40(54)33-34(41(36)55)39(53)28(6)43-35(33)44(56)46(8,61-43)59-21-20-32(58-9)25(3)42(60-29(7)50)27(5)38(52)26(4)37(23)51/h15-17,20-23,25-27,32,37-38,42,51-55H,10-14,18-19H2,1-9H3,(H,48,57)/b16-15+,21-20+,24-17?,47-22+. The number of ether oxygens (including phenoxy) is 4. The first-order chi connectivity index (χ1) is 28.8. The topological polar surface area (TPSA) is 226 Å². The van der Waals surface area contributed by atoms with Crippen molar-refractivity contribution in [3.8, 4) is 23.0 Å². The first kappa shape index (κ1) is 46.8. The zero-order chi connectivity index (χ0) is 44.9. The number of carbonyl (C=O) groups is 3. The van der Waals surface area contributed by atoms with Crippen molar-refractivity contribution in [1.29, 1.82) is 0 Å². The van der Waals surface area contributed by atoms with Gasteiger partial charge in [-0.15, -0.1) is 0 Å². The van der Waals surface area contributed by atoms with Gasteiger partial charge in [-0.2, -0.15) is 10.2 Å². The molecule has 9 unspecified atom stereocenters. The first-order valence-electron chi connectivity index (χ1n) is 21.0. The molecule has 0 spiro atoms. The van der Waals surface area contributed by atoms with E-state index in [0.717, 1.165) is 50.7 Å². The minimum Gasteiger partial charge on any atom is -0.507 e. The van der Waals surface area contributed by atoms with Crippen molar-refractivity contribution in [2.45, 2.75) is 131 Å². The van der Waals surface area contributed by atoms with Crippen LogP contribution in [0.3, 0.4) is 0 Å². The molecule has 0 saturated heterocycles. The number of fused-ring (bicyclic) bond motifs is 14. The quantitative estimate of drug-likeness (QED) is 0.0587. The molecule has 6 rings (SSSR count). The molecule has 2 aromatic carbocycles. The van der Waals surface area contributed by atoms with Crippen LogP contribution >= 0.6 is 0 Å². The van der Waals surface area contributed by atoms with Gasteiger partial charge < -0.3 is 49.8 Å². The van der Waals surface area contributed by atoms with Gasteiger partial charge in [-0.1, -0.05) is 65.2 Å². The number of hydrogen-bond acceptors (Lipinski definition) is 14. The number of aliphatic hydroxyl groups excluding tert-OH is 2. The highest BCUT2D eigenvalue weighted by Gasteiger charge is 2.50. The fourth-order valence-corrected chi connectivity index (χ4v) is 8.45. The second kappa shape index (κ2) is 19.6. The molecule has 1 aliphatic carbocycles. The number of aromatic hydroxyl groups is 3. The Kier molecular flexibility index (Phi) is 15.1. The maximum Gasteiger partial charge on any atom is 0.312 e. The molecule has 4 aliphatic rings. The van der Waals surface area contributed by atoms with Crippen LogP contribution in [-0.4, -0.2) is 92.4 Å². The number of aliphatic hydroxyl groups is 2. The molecule has 15 nitrogen and oxygen atoms in total. The molecule has 5 bridgehead atoms. The van der Waals surface area contributed by atoms with Gasteiger partial charge in [0.15, 0.2) is 5.75 Å². The number of nitrogens with zero attached hydrogens (tertiary/aromatic N) is 2. The Bertz CT molecular complexity index is 2150. The Balaban J connectivity index is 1.71. The number of anilines is 1. The number of hydrogen-bond donors (Lipinski definition) is 6. The number of amides is 1. The van der Waals surface area contributed by atoms with Crippen LogP contribution in [0.1, 0.15) is 115 Å². The highest BCUT2D eigenvalue weighted by molar-refractivity contribution is 6.24. The molecule has 1 fully saturated rings. The van der Waals surface area contributed by atoms with Crippen LogP contribution in [0, 0.1) is 30.6 Å². The van der Waals surface area contributed by atoms with Gasteiger partial charge in [-0.05, 0) is 45.6 Å². The van der Waals surface area contributed by atoms with Gasteiger partial charge in [-0.3, -0.25) is 14.4 Å². The summed E-state index contributed by atoms with van der Waals surface area (Å²) < 4.78 is 23.6. The van der Waals surface area contributed by atoms with Crippen molar-refractivity contribution in [3.63, 3.8) is 0 Å². The zero-order valence-electron chi connectivity index (χ0n) is 36.5. The van der Waals surface area contributed by atoms with Crippen molar-refractivity contribution in [2.75, 3.05) is 12.4 Å². The minimum atomic E-state index is -2.05. The fraction of sp³-hybridized carbons (Fsp3) is 0.543. The largest absolute Gasteiger partial charge is 0.507 e. The molecule has 0 aromatic heterocycles. The maximum absolute atomic E-state index is 14.5. The Morgan fingerprint density at radius 1 is 0.902 bits per heavy atom. The molecule has 1 amide bonds. The number of rotatable bonds is 4. The lowest BCUT2D eigenvalue weighted by molar-refractivity contribution is -0.160. The average Bonchev–Trinajstić information content (AvgIpc) is 3.47. The summed E-state index contributed by atoms with van der Waals surface area (Å²) in [5.41, 5.74) is 0.411. The number of phenolic OH excluding ortho intramolecular Hbond substituents is 3. The second-order valence-corrected chi connectivity index (χ2v) is 16.8. The summed E-state index contributed by atoms with van der Waals surface area (Å²) in [5, 5.41) is 69.3. The molecule has 9 atom stereocenters. The summed E-state index contributed by atoms with van der Waals surface area (Å²) in [7, 11) is 1.44. The van der Waals surface area contributed by atoms with E-state index in [1.807, 2.05) is 0 Å². The van der Waals surface area contributed by atoms with Crippen LogP contribution < -0.4 is 10.1 Å². The Hall–Kier alpha value is -5.25. The Morgan fingerprint density at radius 3 is 2.20 bits per heavy atom. The number of esters is 1. The van der Waals surface area contributed by atoms with Gasteiger partial charge in [0.25, 0.3) is 11.7 Å². The molecule has 332 valence electrons. The van der Waals surface area contributed by atoms with E-state index in [9.17, 15) is 39.9 Å². The fourth-order valence-electron chi connectivity index (χ4n) is 8.45. The summed E-state index contributed by atoms with van der Waals surface area (Å²) in [4.78, 5) is 40.6. The van der Waals surface area contributed by atoms with E-state index in [0.29, 0.717) is 0 Å². The van der Waals surface area contributed by atoms with Gasteiger partial charge in [0, 0.05) is 66.9 Å². The van der Waals surface area contributed by atoms with Gasteiger partial charge in [0.2, 0.25) is 0 Å². The SMILES string of the molecule is COC1/C=C/OC2(C)Oc3c(C)c(O)c4c(O)c(c(/C=N/N=C5CCCCCCC5)c(O)c4c3C2=O)NC(=O)C(C)=C/C=C/C(C)C(O)C(C)C(O)C(C)C(OC(C)=O)C1C. The lowest BCUT2D eigenvalue weighted by atomic mass is 9.78. The van der Waals surface area contributed by atoms with E-state index in [4.69, 9.17) is 18.9 Å². The predicted molar refractivity (Wildman–Crippen MR) is 231 cm³/mol. The van der Waals surface area contributed by atoms with E-state index < -0.39 is 88.8 Å². The molecular formula is C46H61N3O12. The molecule has 6 N–H and O–H groups in total. The number of methoxy groups -OCH3 is 1. The van der Waals surface area contributed by atoms with Crippen LogP contribution in [0.5, 0.6) is 23.0 Å². The van der Waals surface area contributed by atoms with Crippen molar-refractivity contribution in [2.24, 2.45) is 33.9 Å². The summed E-state index contributed by atoms with van der Waals surface area (Å²) in [6, 6.07) is 0. The number of allylic oxidation sites excluding steroid dienone is 2. The lowest BCUT2D eigenvalue weighted by Gasteiger charge is -2.38. The molecule has 2 aromatic rings. The van der Waals surface area contributed by atoms with Crippen LogP contribution in [0.15, 0.2) is 46.3 Å². The van der Waals surface area contributed by atoms with Crippen molar-refractivity contribution < 1.29 is 58.9 Å². The van der Waals surface area contributed by atoms with E-state index in [1.165, 1.54) is 59.4 Å². The second-order valence-electron chi connectivity index (χ2n) is 16.8. The third-order valence-electron chi connectivity index (χ3n) is 12.3. The molecule has 3 heterocycles. The normalized spacial score (nSPS) is 30.5. The number of benzene rings is 2. The smallest absolute Gasteiger partial charge is 0.312 e. The summed E-state index contributed by atoms with van der Waals surface area (Å²) >= 11 is 0. The van der Waals surface area contributed by atoms with Crippen molar-refractivity contribution in [1.82, 2.24) is 0 Å². The Labute approximate surface area is 356 Å². The maximum atomic E-state index is 14.5. The molecular weight excluding hydrogens is 787 g/mol. The van der Waals surface area contributed by atoms with Gasteiger partial charge in [-0.25, -0.2) is 0 Å². The summed E-state index contributed by atoms with van der Waals surface area (Å²) in [6.45, 7) is 12.5. The monoisotopic (exact) mass is 847 g/mol. The zero-order valence-corrected chi connectivity index (χ0v) is 36.5. The number of phenols is 3. The average molecular weight is 848 g/mol. The molecule has 0 radical (unpaired) electrons. The van der Waals surface area contributed by atoms with Crippen molar-refractivity contribution in [3.05, 3.63) is 52.8 Å². The van der Waals surface area contributed by atoms with E-state index in [1.54, 1.807) is 39.8 Å². The summed E-state index contributed by atoms with van der Waals surface area (Å²) in [5.74, 6) is -8.45. The lowest BCUT2D eigenvalue weighted by Crippen LogP contribution is -2.46. The molecule has 3 aliphatic heterocycles. The third-order valence-corrected chi connectivity index (χ3v) is 12.3. The van der Waals surface area contributed by atoms with Crippen LogP contribution in [0.25, 0.3) is 10.8 Å². The highest BCUT2D eigenvalue weighted by Crippen LogP contribution is 2.55. The number of Topliss-reactive ketones (excluding diaryl/α,β-unsaturated/α-hetero) is 1. The highest BCUT2D eigenvalue weighted by atomic mass is 16.7. The molecule has 61 heavy (non-hydrogen) atoms. The molecule has 1 saturated carbocycles. The predicted octanol–water partition coefficient (Wildman–Crippen LogP) is 7.27. The third kappa shape index (κ3) is 9.79. The van der Waals surface area contributed by atoms with E-state index >= 15 is 0 Å². The van der Waals surface area contributed by atoms with E-state index in [-0.39, 0.29) is 44.5 Å². The van der Waals surface area contributed by atoms with Gasteiger partial charge in [0.05, 0.1) is 53.0 Å². The number of carbonyl (C=O) groups excluding carboxylic acids is 3. The van der Waals surface area contributed by atoms with Crippen LogP contribution in [0.2, 0.25) is 0 Å².